The van der Waals surface area contributed by atoms with Gasteiger partial charge in [0.15, 0.2) is 0 Å². The standard InChI is InChI=1S/C35H36Cl2FN3O4S/c1-24(2)21-39-35(43)33(19-26-7-5-4-6-8-26)40(22-27-11-12-28(36)20-32(27)37)34(42)23-41(30-15-13-29(38)14-16-30)46(44,45)31-17-9-25(3)10-18-31/h4-18,20,24,33H,19,21-23H2,1-3H3,(H,39,43)/t33-/m1/s1. The lowest BCUT2D eigenvalue weighted by Gasteiger charge is -2.34. The third-order valence-corrected chi connectivity index (χ3v) is 9.69. The van der Waals surface area contributed by atoms with Crippen molar-refractivity contribution in [3.05, 3.63) is 130 Å². The van der Waals surface area contributed by atoms with E-state index in [0.717, 1.165) is 27.6 Å². The first-order chi connectivity index (χ1) is 21.8. The van der Waals surface area contributed by atoms with Gasteiger partial charge in [-0.25, -0.2) is 12.8 Å². The summed E-state index contributed by atoms with van der Waals surface area (Å²) in [6.07, 6.45) is 0.156. The van der Waals surface area contributed by atoms with Crippen LogP contribution in [-0.4, -0.2) is 44.3 Å². The monoisotopic (exact) mass is 683 g/mol. The van der Waals surface area contributed by atoms with Crippen molar-refractivity contribution in [1.82, 2.24) is 10.2 Å². The topological polar surface area (TPSA) is 86.8 Å². The lowest BCUT2D eigenvalue weighted by molar-refractivity contribution is -0.140. The number of hydrogen-bond donors (Lipinski definition) is 1. The van der Waals surface area contributed by atoms with E-state index in [9.17, 15) is 22.4 Å². The molecule has 0 aliphatic rings. The number of anilines is 1. The molecule has 11 heteroatoms. The van der Waals surface area contributed by atoms with Crippen molar-refractivity contribution in [2.24, 2.45) is 5.92 Å². The minimum atomic E-state index is -4.31. The van der Waals surface area contributed by atoms with Gasteiger partial charge in [0.1, 0.15) is 18.4 Å². The van der Waals surface area contributed by atoms with Gasteiger partial charge < -0.3 is 10.2 Å². The molecule has 2 amide bonds. The van der Waals surface area contributed by atoms with Gasteiger partial charge in [-0.05, 0) is 72.5 Å². The molecule has 4 rings (SSSR count). The van der Waals surface area contributed by atoms with Gasteiger partial charge >= 0.3 is 0 Å². The quantitative estimate of drug-likeness (QED) is 0.164. The van der Waals surface area contributed by atoms with E-state index in [1.165, 1.54) is 29.2 Å². The van der Waals surface area contributed by atoms with Crippen LogP contribution in [0.25, 0.3) is 0 Å². The molecule has 0 unspecified atom stereocenters. The van der Waals surface area contributed by atoms with Crippen LogP contribution in [0.3, 0.4) is 0 Å². The Morgan fingerprint density at radius 3 is 2.15 bits per heavy atom. The van der Waals surface area contributed by atoms with E-state index in [-0.39, 0.29) is 34.5 Å². The van der Waals surface area contributed by atoms with Gasteiger partial charge in [-0.1, -0.05) is 91.1 Å². The molecular formula is C35H36Cl2FN3O4S. The smallest absolute Gasteiger partial charge is 0.264 e. The zero-order valence-electron chi connectivity index (χ0n) is 25.8. The molecule has 1 atom stereocenters. The van der Waals surface area contributed by atoms with Gasteiger partial charge in [0.05, 0.1) is 10.6 Å². The number of benzene rings is 4. The van der Waals surface area contributed by atoms with Crippen LogP contribution in [0.4, 0.5) is 10.1 Å². The minimum Gasteiger partial charge on any atom is -0.354 e. The fraction of sp³-hybridized carbons (Fsp3) is 0.257. The van der Waals surface area contributed by atoms with Crippen molar-refractivity contribution in [3.8, 4) is 0 Å². The molecule has 4 aromatic carbocycles. The largest absolute Gasteiger partial charge is 0.354 e. The molecular weight excluding hydrogens is 648 g/mol. The van der Waals surface area contributed by atoms with E-state index in [4.69, 9.17) is 23.2 Å². The Morgan fingerprint density at radius 1 is 0.891 bits per heavy atom. The predicted octanol–water partition coefficient (Wildman–Crippen LogP) is 7.05. The van der Waals surface area contributed by atoms with Crippen molar-refractivity contribution >= 4 is 50.7 Å². The number of halogens is 3. The number of hydrogen-bond acceptors (Lipinski definition) is 4. The van der Waals surface area contributed by atoms with Crippen LogP contribution in [0.2, 0.25) is 10.0 Å². The maximum atomic E-state index is 14.5. The van der Waals surface area contributed by atoms with Crippen LogP contribution in [0.5, 0.6) is 0 Å². The van der Waals surface area contributed by atoms with E-state index in [2.05, 4.69) is 5.32 Å². The first-order valence-electron chi connectivity index (χ1n) is 14.7. The van der Waals surface area contributed by atoms with Crippen LogP contribution in [0, 0.1) is 18.7 Å². The van der Waals surface area contributed by atoms with Crippen molar-refractivity contribution < 1.29 is 22.4 Å². The Labute approximate surface area is 280 Å². The number of amides is 2. The van der Waals surface area contributed by atoms with Gasteiger partial charge in [0, 0.05) is 29.6 Å². The molecule has 0 heterocycles. The maximum absolute atomic E-state index is 14.5. The van der Waals surface area contributed by atoms with Crippen molar-refractivity contribution in [1.29, 1.82) is 0 Å². The number of carbonyl (C=O) groups is 2. The summed E-state index contributed by atoms with van der Waals surface area (Å²) in [5, 5.41) is 3.62. The van der Waals surface area contributed by atoms with Gasteiger partial charge in [-0.15, -0.1) is 0 Å². The zero-order valence-corrected chi connectivity index (χ0v) is 28.1. The van der Waals surface area contributed by atoms with E-state index in [1.807, 2.05) is 51.1 Å². The van der Waals surface area contributed by atoms with Crippen LogP contribution in [-0.2, 0) is 32.6 Å². The van der Waals surface area contributed by atoms with Crippen LogP contribution >= 0.6 is 23.2 Å². The highest BCUT2D eigenvalue weighted by molar-refractivity contribution is 7.92. The fourth-order valence-electron chi connectivity index (χ4n) is 4.78. The lowest BCUT2D eigenvalue weighted by atomic mass is 10.0. The molecule has 0 bridgehead atoms. The molecule has 4 aromatic rings. The summed E-state index contributed by atoms with van der Waals surface area (Å²) in [4.78, 5) is 29.6. The van der Waals surface area contributed by atoms with Crippen LogP contribution in [0.15, 0.2) is 102 Å². The van der Waals surface area contributed by atoms with E-state index < -0.39 is 40.2 Å². The molecule has 0 aliphatic heterocycles. The summed E-state index contributed by atoms with van der Waals surface area (Å²) < 4.78 is 43.0. The molecule has 0 radical (unpaired) electrons. The molecule has 0 saturated heterocycles. The molecule has 0 fully saturated rings. The fourth-order valence-corrected chi connectivity index (χ4v) is 6.67. The normalized spacial score (nSPS) is 12.1. The van der Waals surface area contributed by atoms with Gasteiger partial charge in [-0.2, -0.15) is 0 Å². The third kappa shape index (κ3) is 9.09. The number of aryl methyl sites for hydroxylation is 1. The highest BCUT2D eigenvalue weighted by Crippen LogP contribution is 2.27. The second-order valence-corrected chi connectivity index (χ2v) is 14.1. The molecule has 0 aliphatic carbocycles. The highest BCUT2D eigenvalue weighted by Gasteiger charge is 2.35. The van der Waals surface area contributed by atoms with Crippen LogP contribution in [0.1, 0.15) is 30.5 Å². The Bertz CT molecular complexity index is 1750. The van der Waals surface area contributed by atoms with Gasteiger partial charge in [0.25, 0.3) is 10.0 Å². The molecule has 0 aromatic heterocycles. The summed E-state index contributed by atoms with van der Waals surface area (Å²) in [7, 11) is -4.31. The van der Waals surface area contributed by atoms with Gasteiger partial charge in [-0.3, -0.25) is 13.9 Å². The zero-order chi connectivity index (χ0) is 33.4. The average Bonchev–Trinajstić information content (AvgIpc) is 3.02. The maximum Gasteiger partial charge on any atom is 0.264 e. The van der Waals surface area contributed by atoms with Crippen molar-refractivity contribution in [2.75, 3.05) is 17.4 Å². The van der Waals surface area contributed by atoms with E-state index in [0.29, 0.717) is 17.1 Å². The number of nitrogens with one attached hydrogen (secondary N) is 1. The second-order valence-electron chi connectivity index (χ2n) is 11.4. The first kappa shape index (κ1) is 34.9. The Morgan fingerprint density at radius 2 is 1.54 bits per heavy atom. The lowest BCUT2D eigenvalue weighted by Crippen LogP contribution is -2.53. The Kier molecular flexibility index (Phi) is 11.8. The molecule has 1 N–H and O–H groups in total. The summed E-state index contributed by atoms with van der Waals surface area (Å²) in [6.45, 7) is 5.34. The van der Waals surface area contributed by atoms with Crippen molar-refractivity contribution in [3.63, 3.8) is 0 Å². The molecule has 0 saturated carbocycles. The summed E-state index contributed by atoms with van der Waals surface area (Å²) in [5.41, 5.74) is 2.26. The summed E-state index contributed by atoms with van der Waals surface area (Å²) in [6, 6.07) is 24.1. The SMILES string of the molecule is Cc1ccc(S(=O)(=O)N(CC(=O)N(Cc2ccc(Cl)cc2Cl)[C@H](Cc2ccccc2)C(=O)NCC(C)C)c2ccc(F)cc2)cc1. The summed E-state index contributed by atoms with van der Waals surface area (Å²) >= 11 is 12.7. The first-order valence-corrected chi connectivity index (χ1v) is 16.9. The molecule has 0 spiro atoms. The number of rotatable bonds is 13. The van der Waals surface area contributed by atoms with Crippen molar-refractivity contribution in [2.45, 2.75) is 44.7 Å². The molecule has 7 nitrogen and oxygen atoms in total. The number of sulfonamides is 1. The van der Waals surface area contributed by atoms with E-state index >= 15 is 0 Å². The van der Waals surface area contributed by atoms with Gasteiger partial charge in [0.2, 0.25) is 11.8 Å². The second kappa shape index (κ2) is 15.6. The number of nitrogens with zero attached hydrogens (tertiary/aromatic N) is 2. The van der Waals surface area contributed by atoms with Crippen LogP contribution < -0.4 is 9.62 Å². The van der Waals surface area contributed by atoms with E-state index in [1.54, 1.807) is 30.3 Å². The Hall–Kier alpha value is -3.92. The minimum absolute atomic E-state index is 0.0435. The highest BCUT2D eigenvalue weighted by atomic mass is 35.5. The predicted molar refractivity (Wildman–Crippen MR) is 181 cm³/mol. The average molecular weight is 685 g/mol. The molecule has 46 heavy (non-hydrogen) atoms. The molecule has 242 valence electrons. The number of carbonyl (C=O) groups excluding carboxylic acids is 2. The summed E-state index contributed by atoms with van der Waals surface area (Å²) in [5.74, 6) is -1.48. The Balaban J connectivity index is 1.81. The third-order valence-electron chi connectivity index (χ3n) is 7.31.